The van der Waals surface area contributed by atoms with Gasteiger partial charge in [0.2, 0.25) is 0 Å². The van der Waals surface area contributed by atoms with Crippen molar-refractivity contribution in [2.24, 2.45) is 0 Å². The first kappa shape index (κ1) is 25.0. The van der Waals surface area contributed by atoms with Crippen LogP contribution in [0.3, 0.4) is 0 Å². The highest BCUT2D eigenvalue weighted by Gasteiger charge is 2.24. The van der Waals surface area contributed by atoms with Crippen molar-refractivity contribution in [3.63, 3.8) is 0 Å². The second kappa shape index (κ2) is 11.1. The number of fused-ring (bicyclic) bond motifs is 1. The van der Waals surface area contributed by atoms with Crippen LogP contribution in [-0.2, 0) is 6.54 Å². The molecule has 0 aliphatic rings. The Morgan fingerprint density at radius 1 is 1.22 bits per heavy atom. The number of aromatic nitrogens is 4. The summed E-state index contributed by atoms with van der Waals surface area (Å²) in [6, 6.07) is 9.64. The van der Waals surface area contributed by atoms with Gasteiger partial charge in [0.15, 0.2) is 12.0 Å². The Morgan fingerprint density at radius 3 is 2.72 bits per heavy atom. The third kappa shape index (κ3) is 5.12. The molecule has 0 amide bonds. The van der Waals surface area contributed by atoms with Crippen molar-refractivity contribution < 1.29 is 23.4 Å². The molecule has 0 bridgehead atoms. The van der Waals surface area contributed by atoms with E-state index in [2.05, 4.69) is 22.3 Å². The maximum Gasteiger partial charge on any atom is 0.387 e. The Kier molecular flexibility index (Phi) is 7.73. The molecular weight excluding hydrogens is 468 g/mol. The number of benzene rings is 2. The number of rotatable bonds is 9. The molecule has 4 rings (SSSR count). The lowest BCUT2D eigenvalue weighted by Gasteiger charge is -2.20. The number of aldehydes is 1. The molecule has 0 saturated heterocycles. The zero-order valence-electron chi connectivity index (χ0n) is 19.8. The Balaban J connectivity index is 1.92. The molecule has 0 saturated carbocycles. The van der Waals surface area contributed by atoms with Gasteiger partial charge in [0.05, 0.1) is 42.0 Å². The summed E-state index contributed by atoms with van der Waals surface area (Å²) in [4.78, 5) is 16.7. The fourth-order valence-corrected chi connectivity index (χ4v) is 4.02. The first-order chi connectivity index (χ1) is 17.5. The molecule has 2 aromatic heterocycles. The molecule has 2 N–H and O–H groups in total. The molecule has 0 spiro atoms. The zero-order chi connectivity index (χ0) is 25.7. The number of imidazole rings is 1. The van der Waals surface area contributed by atoms with Crippen molar-refractivity contribution >= 4 is 17.3 Å². The summed E-state index contributed by atoms with van der Waals surface area (Å²) in [6.07, 6.45) is 4.61. The van der Waals surface area contributed by atoms with E-state index in [0.717, 1.165) is 0 Å². The number of nitrogens with zero attached hydrogens (tertiary/aromatic N) is 4. The number of ether oxygens (including phenoxy) is 1. The first-order valence-corrected chi connectivity index (χ1v) is 11.4. The second-order valence-corrected chi connectivity index (χ2v) is 7.91. The molecule has 0 aliphatic carbocycles. The van der Waals surface area contributed by atoms with Gasteiger partial charge in [-0.1, -0.05) is 24.8 Å². The minimum absolute atomic E-state index is 0.0254. The van der Waals surface area contributed by atoms with Gasteiger partial charge >= 0.3 is 6.61 Å². The van der Waals surface area contributed by atoms with Gasteiger partial charge in [0.25, 0.3) is 0 Å². The SMILES string of the molecule is CCC(NC)c1nc2ccc(C#Cc3cnn(CCO)c3)cc2n1-c1c(C=O)cccc1OC(F)F. The molecule has 0 aliphatic heterocycles. The average molecular weight is 494 g/mol. The summed E-state index contributed by atoms with van der Waals surface area (Å²) in [5, 5.41) is 16.4. The highest BCUT2D eigenvalue weighted by atomic mass is 19.3. The van der Waals surface area contributed by atoms with Crippen molar-refractivity contribution in [2.75, 3.05) is 13.7 Å². The number of halogens is 2. The van der Waals surface area contributed by atoms with Crippen LogP contribution in [0, 0.1) is 11.8 Å². The molecule has 10 heteroatoms. The quantitative estimate of drug-likeness (QED) is 0.273. The Labute approximate surface area is 206 Å². The van der Waals surface area contributed by atoms with E-state index in [1.807, 2.05) is 13.0 Å². The van der Waals surface area contributed by atoms with Gasteiger partial charge in [0, 0.05) is 17.3 Å². The minimum atomic E-state index is -3.07. The fraction of sp³-hybridized carbons (Fsp3) is 0.269. The Hall–Kier alpha value is -4.07. The van der Waals surface area contributed by atoms with Crippen LogP contribution in [0.5, 0.6) is 5.75 Å². The normalized spacial score (nSPS) is 11.9. The highest BCUT2D eigenvalue weighted by Crippen LogP contribution is 2.34. The van der Waals surface area contributed by atoms with E-state index in [1.165, 1.54) is 12.1 Å². The summed E-state index contributed by atoms with van der Waals surface area (Å²) in [7, 11) is 1.79. The van der Waals surface area contributed by atoms with Crippen LogP contribution in [0.2, 0.25) is 0 Å². The summed E-state index contributed by atoms with van der Waals surface area (Å²) in [5.74, 6) is 6.55. The monoisotopic (exact) mass is 493 g/mol. The van der Waals surface area contributed by atoms with Crippen molar-refractivity contribution in [3.05, 3.63) is 71.3 Å². The van der Waals surface area contributed by atoms with Gasteiger partial charge in [-0.25, -0.2) is 4.98 Å². The standard InChI is InChI=1S/C26H25F2N5O3/c1-3-20(29-2)25-31-21-10-9-17(7-8-18-14-30-32(15-18)11-12-34)13-22(21)33(25)24-19(16-35)5-4-6-23(24)36-26(27)28/h4-6,9-10,13-16,20,26,29,34H,3,11-12H2,1-2H3. The predicted molar refractivity (Wildman–Crippen MR) is 130 cm³/mol. The van der Waals surface area contributed by atoms with Crippen LogP contribution in [0.4, 0.5) is 8.78 Å². The number of hydrogen-bond acceptors (Lipinski definition) is 6. The van der Waals surface area contributed by atoms with Crippen LogP contribution in [0.25, 0.3) is 16.7 Å². The summed E-state index contributed by atoms with van der Waals surface area (Å²) >= 11 is 0. The van der Waals surface area contributed by atoms with Crippen molar-refractivity contribution in [1.29, 1.82) is 0 Å². The van der Waals surface area contributed by atoms with Crippen LogP contribution in [-0.4, -0.2) is 51.0 Å². The molecule has 4 aromatic rings. The number of carbonyl (C=O) groups excluding carboxylic acids is 1. The average Bonchev–Trinajstić information content (AvgIpc) is 3.47. The minimum Gasteiger partial charge on any atom is -0.433 e. The van der Waals surface area contributed by atoms with E-state index in [4.69, 9.17) is 14.8 Å². The number of aliphatic hydroxyl groups is 1. The van der Waals surface area contributed by atoms with E-state index in [-0.39, 0.29) is 29.6 Å². The molecule has 1 atom stereocenters. The van der Waals surface area contributed by atoms with E-state index in [0.29, 0.717) is 47.2 Å². The van der Waals surface area contributed by atoms with Crippen molar-refractivity contribution in [1.82, 2.24) is 24.6 Å². The molecule has 2 heterocycles. The van der Waals surface area contributed by atoms with Gasteiger partial charge in [-0.05, 0) is 43.8 Å². The Morgan fingerprint density at radius 2 is 2.03 bits per heavy atom. The second-order valence-electron chi connectivity index (χ2n) is 7.91. The largest absolute Gasteiger partial charge is 0.433 e. The molecule has 0 fully saturated rings. The third-order valence-corrected chi connectivity index (χ3v) is 5.66. The van der Waals surface area contributed by atoms with E-state index < -0.39 is 6.61 Å². The van der Waals surface area contributed by atoms with Crippen molar-refractivity contribution in [2.45, 2.75) is 32.5 Å². The maximum atomic E-state index is 13.3. The smallest absolute Gasteiger partial charge is 0.387 e. The van der Waals surface area contributed by atoms with Gasteiger partial charge in [-0.2, -0.15) is 13.9 Å². The molecule has 8 nitrogen and oxygen atoms in total. The lowest BCUT2D eigenvalue weighted by Crippen LogP contribution is -2.20. The van der Waals surface area contributed by atoms with Crippen LogP contribution >= 0.6 is 0 Å². The number of carbonyl (C=O) groups is 1. The van der Waals surface area contributed by atoms with Gasteiger partial charge < -0.3 is 15.2 Å². The maximum absolute atomic E-state index is 13.3. The van der Waals surface area contributed by atoms with Crippen LogP contribution in [0.15, 0.2) is 48.8 Å². The van der Waals surface area contributed by atoms with Crippen molar-refractivity contribution in [3.8, 4) is 23.3 Å². The lowest BCUT2D eigenvalue weighted by molar-refractivity contribution is -0.0498. The van der Waals surface area contributed by atoms with E-state index in [1.54, 1.807) is 46.9 Å². The molecule has 1 unspecified atom stereocenters. The van der Waals surface area contributed by atoms with E-state index in [9.17, 15) is 13.6 Å². The van der Waals surface area contributed by atoms with Gasteiger partial charge in [-0.15, -0.1) is 0 Å². The summed E-state index contributed by atoms with van der Waals surface area (Å²) < 4.78 is 34.6. The molecule has 2 aromatic carbocycles. The predicted octanol–water partition coefficient (Wildman–Crippen LogP) is 3.70. The van der Waals surface area contributed by atoms with Gasteiger partial charge in [-0.3, -0.25) is 14.0 Å². The number of nitrogens with one attached hydrogen (secondary N) is 1. The number of hydrogen-bond donors (Lipinski definition) is 2. The fourth-order valence-electron chi connectivity index (χ4n) is 4.02. The summed E-state index contributed by atoms with van der Waals surface area (Å²) in [6.45, 7) is -0.745. The topological polar surface area (TPSA) is 94.2 Å². The molecule has 36 heavy (non-hydrogen) atoms. The first-order valence-electron chi connectivity index (χ1n) is 11.4. The number of alkyl halides is 2. The lowest BCUT2D eigenvalue weighted by atomic mass is 10.1. The zero-order valence-corrected chi connectivity index (χ0v) is 19.8. The van der Waals surface area contributed by atoms with Crippen LogP contribution in [0.1, 0.15) is 46.7 Å². The van der Waals surface area contributed by atoms with Gasteiger partial charge in [0.1, 0.15) is 11.5 Å². The Bertz CT molecular complexity index is 1430. The number of aliphatic hydroxyl groups excluding tert-OH is 1. The molecule has 0 radical (unpaired) electrons. The van der Waals surface area contributed by atoms with E-state index >= 15 is 0 Å². The highest BCUT2D eigenvalue weighted by molar-refractivity contribution is 5.87. The van der Waals surface area contributed by atoms with Crippen LogP contribution < -0.4 is 10.1 Å². The molecular formula is C26H25F2N5O3. The number of para-hydroxylation sites is 1. The third-order valence-electron chi connectivity index (χ3n) is 5.66. The molecule has 186 valence electrons. The summed E-state index contributed by atoms with van der Waals surface area (Å²) in [5.41, 5.74) is 2.92.